The number of hydrogen-bond acceptors (Lipinski definition) is 3. The van der Waals surface area contributed by atoms with Crippen molar-refractivity contribution in [3.05, 3.63) is 52.0 Å². The van der Waals surface area contributed by atoms with Gasteiger partial charge in [0.25, 0.3) is 5.91 Å². The lowest BCUT2D eigenvalue weighted by Gasteiger charge is -2.12. The number of thiophene rings is 1. The molecule has 1 heterocycles. The Kier molecular flexibility index (Phi) is 3.62. The molecule has 2 aromatic rings. The van der Waals surface area contributed by atoms with E-state index in [9.17, 15) is 9.18 Å². The molecule has 0 spiro atoms. The molecule has 0 aliphatic heterocycles. The van der Waals surface area contributed by atoms with Crippen LogP contribution in [0.2, 0.25) is 0 Å². The fourth-order valence-corrected chi connectivity index (χ4v) is 2.31. The van der Waals surface area contributed by atoms with Gasteiger partial charge in [-0.15, -0.1) is 11.3 Å². The average molecular weight is 265 g/mol. The maximum absolute atomic E-state index is 13.5. The molecule has 18 heavy (non-hydrogen) atoms. The van der Waals surface area contributed by atoms with Gasteiger partial charge in [0, 0.05) is 10.9 Å². The van der Waals surface area contributed by atoms with Crippen LogP contribution in [0.4, 0.5) is 4.39 Å². The van der Waals surface area contributed by atoms with Crippen molar-refractivity contribution in [3.8, 4) is 5.75 Å². The summed E-state index contributed by atoms with van der Waals surface area (Å²) in [5, 5.41) is 13.7. The van der Waals surface area contributed by atoms with Crippen LogP contribution in [0.5, 0.6) is 5.75 Å². The minimum absolute atomic E-state index is 0.0730. The van der Waals surface area contributed by atoms with Crippen LogP contribution in [0.15, 0.2) is 35.7 Å². The van der Waals surface area contributed by atoms with Crippen molar-refractivity contribution in [2.24, 2.45) is 0 Å². The molecule has 94 valence electrons. The summed E-state index contributed by atoms with van der Waals surface area (Å²) in [5.41, 5.74) is -0.0730. The highest BCUT2D eigenvalue weighted by atomic mass is 32.1. The second-order valence-electron chi connectivity index (χ2n) is 3.87. The highest BCUT2D eigenvalue weighted by molar-refractivity contribution is 7.10. The second kappa shape index (κ2) is 5.18. The summed E-state index contributed by atoms with van der Waals surface area (Å²) < 4.78 is 13.5. The fourth-order valence-electron chi connectivity index (χ4n) is 1.57. The zero-order valence-electron chi connectivity index (χ0n) is 9.68. The molecule has 1 unspecified atom stereocenters. The van der Waals surface area contributed by atoms with Gasteiger partial charge < -0.3 is 10.4 Å². The summed E-state index contributed by atoms with van der Waals surface area (Å²) in [5.74, 6) is -1.42. The maximum atomic E-state index is 13.5. The molecular formula is C13H12FNO2S. The first-order valence-corrected chi connectivity index (χ1v) is 6.28. The first-order valence-electron chi connectivity index (χ1n) is 5.40. The van der Waals surface area contributed by atoms with Crippen LogP contribution >= 0.6 is 11.3 Å². The first kappa shape index (κ1) is 12.6. The van der Waals surface area contributed by atoms with Crippen molar-refractivity contribution >= 4 is 17.2 Å². The molecule has 0 bridgehead atoms. The molecule has 1 aromatic heterocycles. The zero-order valence-corrected chi connectivity index (χ0v) is 10.5. The summed E-state index contributed by atoms with van der Waals surface area (Å²) in [6.45, 7) is 1.84. The van der Waals surface area contributed by atoms with Gasteiger partial charge in [-0.25, -0.2) is 4.39 Å². The molecule has 0 saturated carbocycles. The molecule has 0 fully saturated rings. The number of hydrogen-bond donors (Lipinski definition) is 2. The summed E-state index contributed by atoms with van der Waals surface area (Å²) in [6, 6.07) is 7.09. The van der Waals surface area contributed by atoms with E-state index in [-0.39, 0.29) is 17.4 Å². The minimum atomic E-state index is -0.731. The summed E-state index contributed by atoms with van der Waals surface area (Å²) in [7, 11) is 0. The second-order valence-corrected chi connectivity index (χ2v) is 4.85. The van der Waals surface area contributed by atoms with Gasteiger partial charge in [-0.05, 0) is 30.5 Å². The third-order valence-corrected chi connectivity index (χ3v) is 3.57. The van der Waals surface area contributed by atoms with Gasteiger partial charge in [-0.1, -0.05) is 6.07 Å². The normalized spacial score (nSPS) is 12.1. The molecular weight excluding hydrogens is 253 g/mol. The van der Waals surface area contributed by atoms with Crippen molar-refractivity contribution in [1.82, 2.24) is 5.32 Å². The van der Waals surface area contributed by atoms with E-state index in [1.54, 1.807) is 0 Å². The fraction of sp³-hybridized carbons (Fsp3) is 0.154. The van der Waals surface area contributed by atoms with Crippen LogP contribution < -0.4 is 5.32 Å². The van der Waals surface area contributed by atoms with Crippen LogP contribution in [-0.2, 0) is 0 Å². The van der Waals surface area contributed by atoms with Gasteiger partial charge in [-0.3, -0.25) is 4.79 Å². The monoisotopic (exact) mass is 265 g/mol. The molecule has 2 rings (SSSR count). The number of nitrogens with one attached hydrogen (secondary N) is 1. The SMILES string of the molecule is CC(NC(=O)c1ccc(O)cc1F)c1cccs1. The van der Waals surface area contributed by atoms with Crippen LogP contribution in [-0.4, -0.2) is 11.0 Å². The molecule has 1 atom stereocenters. The Labute approximate surface area is 108 Å². The van der Waals surface area contributed by atoms with Crippen molar-refractivity contribution in [1.29, 1.82) is 0 Å². The Morgan fingerprint density at radius 1 is 1.44 bits per heavy atom. The number of carbonyl (C=O) groups is 1. The number of phenols is 1. The number of amides is 1. The van der Waals surface area contributed by atoms with Gasteiger partial charge in [0.05, 0.1) is 11.6 Å². The predicted octanol–water partition coefficient (Wildman–Crippen LogP) is 3.08. The molecule has 0 aliphatic carbocycles. The number of halogens is 1. The first-order chi connectivity index (χ1) is 8.58. The van der Waals surface area contributed by atoms with E-state index < -0.39 is 11.7 Å². The Morgan fingerprint density at radius 3 is 2.83 bits per heavy atom. The van der Waals surface area contributed by atoms with Crippen LogP contribution in [0, 0.1) is 5.82 Å². The molecule has 5 heteroatoms. The highest BCUT2D eigenvalue weighted by Gasteiger charge is 2.15. The number of aromatic hydroxyl groups is 1. The molecule has 3 nitrogen and oxygen atoms in total. The van der Waals surface area contributed by atoms with Crippen LogP contribution in [0.1, 0.15) is 28.2 Å². The minimum Gasteiger partial charge on any atom is -0.508 e. The van der Waals surface area contributed by atoms with Gasteiger partial charge in [0.2, 0.25) is 0 Å². The van der Waals surface area contributed by atoms with Crippen LogP contribution in [0.3, 0.4) is 0 Å². The van der Waals surface area contributed by atoms with E-state index >= 15 is 0 Å². The largest absolute Gasteiger partial charge is 0.508 e. The Bertz CT molecular complexity index is 554. The molecule has 0 aliphatic rings. The molecule has 0 saturated heterocycles. The van der Waals surface area contributed by atoms with Crippen molar-refractivity contribution in [2.45, 2.75) is 13.0 Å². The molecule has 1 aromatic carbocycles. The molecule has 1 amide bonds. The number of carbonyl (C=O) groups excluding carboxylic acids is 1. The quantitative estimate of drug-likeness (QED) is 0.896. The summed E-state index contributed by atoms with van der Waals surface area (Å²) >= 11 is 1.53. The van der Waals surface area contributed by atoms with Crippen molar-refractivity contribution < 1.29 is 14.3 Å². The van der Waals surface area contributed by atoms with Crippen molar-refractivity contribution in [2.75, 3.05) is 0 Å². The summed E-state index contributed by atoms with van der Waals surface area (Å²) in [4.78, 5) is 12.9. The lowest BCUT2D eigenvalue weighted by molar-refractivity contribution is 0.0936. The van der Waals surface area contributed by atoms with Gasteiger partial charge in [-0.2, -0.15) is 0 Å². The number of phenolic OH excluding ortho intramolecular Hbond substituents is 1. The summed E-state index contributed by atoms with van der Waals surface area (Å²) in [6.07, 6.45) is 0. The van der Waals surface area contributed by atoms with E-state index in [0.717, 1.165) is 10.9 Å². The van der Waals surface area contributed by atoms with Crippen LogP contribution in [0.25, 0.3) is 0 Å². The Hall–Kier alpha value is -1.88. The average Bonchev–Trinajstić information content (AvgIpc) is 2.81. The zero-order chi connectivity index (χ0) is 13.1. The van der Waals surface area contributed by atoms with Gasteiger partial charge >= 0.3 is 0 Å². The predicted molar refractivity (Wildman–Crippen MR) is 68.3 cm³/mol. The van der Waals surface area contributed by atoms with Gasteiger partial charge in [0.1, 0.15) is 11.6 Å². The lowest BCUT2D eigenvalue weighted by Crippen LogP contribution is -2.26. The maximum Gasteiger partial charge on any atom is 0.254 e. The highest BCUT2D eigenvalue weighted by Crippen LogP contribution is 2.20. The number of benzene rings is 1. The topological polar surface area (TPSA) is 49.3 Å². The Balaban J connectivity index is 2.12. The van der Waals surface area contributed by atoms with E-state index in [1.165, 1.54) is 23.5 Å². The molecule has 2 N–H and O–H groups in total. The van der Waals surface area contributed by atoms with Crippen molar-refractivity contribution in [3.63, 3.8) is 0 Å². The van der Waals surface area contributed by atoms with E-state index in [4.69, 9.17) is 5.11 Å². The number of rotatable bonds is 3. The van der Waals surface area contributed by atoms with E-state index in [0.29, 0.717) is 0 Å². The third kappa shape index (κ3) is 2.68. The Morgan fingerprint density at radius 2 is 2.22 bits per heavy atom. The van der Waals surface area contributed by atoms with E-state index in [1.807, 2.05) is 24.4 Å². The van der Waals surface area contributed by atoms with E-state index in [2.05, 4.69) is 5.32 Å². The van der Waals surface area contributed by atoms with Gasteiger partial charge in [0.15, 0.2) is 0 Å². The standard InChI is InChI=1S/C13H12FNO2S/c1-8(12-3-2-6-18-12)15-13(17)10-5-4-9(16)7-11(10)14/h2-8,16H,1H3,(H,15,17). The smallest absolute Gasteiger partial charge is 0.254 e. The third-order valence-electron chi connectivity index (χ3n) is 2.51. The molecule has 0 radical (unpaired) electrons. The lowest BCUT2D eigenvalue weighted by atomic mass is 10.1.